The Morgan fingerprint density at radius 2 is 2.00 bits per heavy atom. The smallest absolute Gasteiger partial charge is 0.326 e. The summed E-state index contributed by atoms with van der Waals surface area (Å²) in [6, 6.07) is -0.265. The Kier molecular flexibility index (Phi) is 9.13. The predicted octanol–water partition coefficient (Wildman–Crippen LogP) is 1.38. The minimum atomic E-state index is -2.69. The highest BCUT2D eigenvalue weighted by Crippen LogP contribution is 1.96. The number of ether oxygens (including phenoxy) is 1. The standard InChI is InChI=1S/C5H11F2NO.ClH/c1-2-4(8)3-9-5(6)7;/h4-5H,2-3,8H2,1H3;1H. The molecule has 1 unspecified atom stereocenters. The highest BCUT2D eigenvalue weighted by atomic mass is 35.5. The molecule has 0 radical (unpaired) electrons. The first-order valence-corrected chi connectivity index (χ1v) is 2.82. The van der Waals surface area contributed by atoms with Crippen LogP contribution in [0, 0.1) is 0 Å². The van der Waals surface area contributed by atoms with Crippen LogP contribution in [0.5, 0.6) is 0 Å². The van der Waals surface area contributed by atoms with E-state index in [4.69, 9.17) is 5.73 Å². The molecule has 0 aromatic carbocycles. The molecule has 0 bridgehead atoms. The fraction of sp³-hybridized carbons (Fsp3) is 1.00. The number of nitrogens with two attached hydrogens (primary N) is 1. The molecular formula is C5H12ClF2NO. The van der Waals surface area contributed by atoms with Crippen LogP contribution in [0.3, 0.4) is 0 Å². The Hall–Kier alpha value is 0.0700. The highest BCUT2D eigenvalue weighted by Gasteiger charge is 2.04. The van der Waals surface area contributed by atoms with Crippen molar-refractivity contribution in [1.82, 2.24) is 0 Å². The number of rotatable bonds is 4. The van der Waals surface area contributed by atoms with E-state index in [1.165, 1.54) is 0 Å². The summed E-state index contributed by atoms with van der Waals surface area (Å²) >= 11 is 0. The van der Waals surface area contributed by atoms with Gasteiger partial charge in [-0.3, -0.25) is 0 Å². The summed E-state index contributed by atoms with van der Waals surface area (Å²) in [6.45, 7) is -0.934. The Labute approximate surface area is 65.1 Å². The summed E-state index contributed by atoms with van der Waals surface area (Å²) in [5, 5.41) is 0. The minimum absolute atomic E-state index is 0. The Morgan fingerprint density at radius 1 is 1.50 bits per heavy atom. The van der Waals surface area contributed by atoms with Crippen molar-refractivity contribution in [3.05, 3.63) is 0 Å². The van der Waals surface area contributed by atoms with Gasteiger partial charge in [0.25, 0.3) is 0 Å². The summed E-state index contributed by atoms with van der Waals surface area (Å²) < 4.78 is 26.4. The van der Waals surface area contributed by atoms with Crippen LogP contribution in [-0.2, 0) is 4.74 Å². The summed E-state index contributed by atoms with van der Waals surface area (Å²) in [6.07, 6.45) is 0.659. The molecule has 64 valence electrons. The van der Waals surface area contributed by atoms with Gasteiger partial charge in [0.15, 0.2) is 0 Å². The van der Waals surface area contributed by atoms with Crippen molar-refractivity contribution in [2.75, 3.05) is 6.61 Å². The van der Waals surface area contributed by atoms with Gasteiger partial charge in [0, 0.05) is 6.04 Å². The molecule has 0 spiro atoms. The minimum Gasteiger partial charge on any atom is -0.326 e. The number of halogens is 3. The van der Waals surface area contributed by atoms with Crippen molar-refractivity contribution in [1.29, 1.82) is 0 Å². The highest BCUT2D eigenvalue weighted by molar-refractivity contribution is 5.85. The van der Waals surface area contributed by atoms with Gasteiger partial charge in [-0.15, -0.1) is 12.4 Å². The van der Waals surface area contributed by atoms with Crippen molar-refractivity contribution >= 4 is 12.4 Å². The molecule has 0 fully saturated rings. The van der Waals surface area contributed by atoms with Gasteiger partial charge >= 0.3 is 6.61 Å². The van der Waals surface area contributed by atoms with Crippen molar-refractivity contribution in [2.45, 2.75) is 26.0 Å². The maximum absolute atomic E-state index is 11.3. The third kappa shape index (κ3) is 8.07. The monoisotopic (exact) mass is 175 g/mol. The van der Waals surface area contributed by atoms with Crippen molar-refractivity contribution < 1.29 is 13.5 Å². The lowest BCUT2D eigenvalue weighted by Gasteiger charge is -2.07. The largest absolute Gasteiger partial charge is 0.345 e. The molecule has 0 saturated heterocycles. The van der Waals surface area contributed by atoms with E-state index in [0.29, 0.717) is 6.42 Å². The Bertz CT molecular complexity index is 74.7. The van der Waals surface area contributed by atoms with Crippen LogP contribution in [0.1, 0.15) is 13.3 Å². The summed E-state index contributed by atoms with van der Waals surface area (Å²) in [4.78, 5) is 0. The molecule has 0 aromatic heterocycles. The molecule has 0 saturated carbocycles. The average molecular weight is 176 g/mol. The normalized spacial score (nSPS) is 12.9. The summed E-state index contributed by atoms with van der Waals surface area (Å²) in [5.74, 6) is 0. The average Bonchev–Trinajstić information content (AvgIpc) is 1.83. The van der Waals surface area contributed by atoms with Crippen LogP contribution < -0.4 is 5.73 Å². The van der Waals surface area contributed by atoms with Gasteiger partial charge in [0.2, 0.25) is 0 Å². The predicted molar refractivity (Wildman–Crippen MR) is 37.5 cm³/mol. The molecular weight excluding hydrogens is 164 g/mol. The first kappa shape index (κ1) is 12.7. The lowest BCUT2D eigenvalue weighted by Crippen LogP contribution is -2.26. The molecule has 0 amide bonds. The van der Waals surface area contributed by atoms with E-state index in [1.54, 1.807) is 0 Å². The summed E-state index contributed by atoms with van der Waals surface area (Å²) in [5.41, 5.74) is 5.26. The zero-order valence-corrected chi connectivity index (χ0v) is 6.54. The van der Waals surface area contributed by atoms with Gasteiger partial charge in [-0.1, -0.05) is 6.92 Å². The lowest BCUT2D eigenvalue weighted by atomic mass is 10.3. The molecule has 2 N–H and O–H groups in total. The molecule has 0 aromatic rings. The van der Waals surface area contributed by atoms with Gasteiger partial charge < -0.3 is 10.5 Å². The van der Waals surface area contributed by atoms with Crippen LogP contribution in [-0.4, -0.2) is 19.3 Å². The molecule has 0 rings (SSSR count). The molecule has 0 aliphatic rings. The number of hydrogen-bond donors (Lipinski definition) is 1. The van der Waals surface area contributed by atoms with E-state index < -0.39 is 6.61 Å². The first-order chi connectivity index (χ1) is 4.16. The molecule has 0 aliphatic carbocycles. The van der Waals surface area contributed by atoms with Crippen LogP contribution >= 0.6 is 12.4 Å². The summed E-state index contributed by atoms with van der Waals surface area (Å²) in [7, 11) is 0. The van der Waals surface area contributed by atoms with Crippen molar-refractivity contribution in [3.8, 4) is 0 Å². The number of hydrogen-bond acceptors (Lipinski definition) is 2. The molecule has 10 heavy (non-hydrogen) atoms. The maximum Gasteiger partial charge on any atom is 0.345 e. The van der Waals surface area contributed by atoms with Crippen molar-refractivity contribution in [2.24, 2.45) is 5.73 Å². The van der Waals surface area contributed by atoms with Crippen LogP contribution in [0.2, 0.25) is 0 Å². The van der Waals surface area contributed by atoms with E-state index in [0.717, 1.165) is 0 Å². The fourth-order valence-corrected chi connectivity index (χ4v) is 0.314. The third-order valence-electron chi connectivity index (χ3n) is 0.961. The van der Waals surface area contributed by atoms with E-state index in [-0.39, 0.29) is 25.1 Å². The fourth-order valence-electron chi connectivity index (χ4n) is 0.314. The van der Waals surface area contributed by atoms with Gasteiger partial charge in [0.05, 0.1) is 6.61 Å². The molecule has 5 heteroatoms. The van der Waals surface area contributed by atoms with E-state index in [9.17, 15) is 8.78 Å². The van der Waals surface area contributed by atoms with Gasteiger partial charge in [-0.05, 0) is 6.42 Å². The molecule has 0 heterocycles. The van der Waals surface area contributed by atoms with Gasteiger partial charge in [-0.2, -0.15) is 8.78 Å². The van der Waals surface area contributed by atoms with E-state index >= 15 is 0 Å². The molecule has 1 atom stereocenters. The van der Waals surface area contributed by atoms with E-state index in [2.05, 4.69) is 4.74 Å². The van der Waals surface area contributed by atoms with Gasteiger partial charge in [0.1, 0.15) is 0 Å². The topological polar surface area (TPSA) is 35.2 Å². The van der Waals surface area contributed by atoms with Gasteiger partial charge in [-0.25, -0.2) is 0 Å². The lowest BCUT2D eigenvalue weighted by molar-refractivity contribution is -0.132. The second-order valence-electron chi connectivity index (χ2n) is 1.76. The maximum atomic E-state index is 11.3. The molecule has 0 aliphatic heterocycles. The first-order valence-electron chi connectivity index (χ1n) is 2.82. The van der Waals surface area contributed by atoms with Crippen LogP contribution in [0.15, 0.2) is 0 Å². The third-order valence-corrected chi connectivity index (χ3v) is 0.961. The SMILES string of the molecule is CCC(N)COC(F)F.Cl. The second kappa shape index (κ2) is 7.18. The second-order valence-corrected chi connectivity index (χ2v) is 1.76. The van der Waals surface area contributed by atoms with Crippen LogP contribution in [0.4, 0.5) is 8.78 Å². The Morgan fingerprint density at radius 3 is 2.30 bits per heavy atom. The van der Waals surface area contributed by atoms with Crippen molar-refractivity contribution in [3.63, 3.8) is 0 Å². The Balaban J connectivity index is 0. The molecule has 2 nitrogen and oxygen atoms in total. The van der Waals surface area contributed by atoms with Crippen LogP contribution in [0.25, 0.3) is 0 Å². The quantitative estimate of drug-likeness (QED) is 0.701. The zero-order valence-electron chi connectivity index (χ0n) is 5.72. The number of alkyl halides is 2. The zero-order chi connectivity index (χ0) is 7.28. The van der Waals surface area contributed by atoms with E-state index in [1.807, 2.05) is 6.92 Å².